The third-order valence-electron chi connectivity index (χ3n) is 4.55. The Morgan fingerprint density at radius 3 is 1.52 bits per heavy atom. The second kappa shape index (κ2) is 11.5. The van der Waals surface area contributed by atoms with Gasteiger partial charge in [0.25, 0.3) is 0 Å². The maximum absolute atomic E-state index is 12.3. The first-order chi connectivity index (χ1) is 13.1. The van der Waals surface area contributed by atoms with Crippen molar-refractivity contribution >= 4 is 23.6 Å². The van der Waals surface area contributed by atoms with E-state index in [1.54, 1.807) is 9.80 Å². The minimum Gasteiger partial charge on any atom is -0.354 e. The van der Waals surface area contributed by atoms with Crippen molar-refractivity contribution in [3.05, 3.63) is 0 Å². The van der Waals surface area contributed by atoms with E-state index in [1.165, 1.54) is 0 Å². The van der Waals surface area contributed by atoms with E-state index in [2.05, 4.69) is 21.3 Å². The van der Waals surface area contributed by atoms with Crippen molar-refractivity contribution in [1.82, 2.24) is 31.1 Å². The largest absolute Gasteiger partial charge is 0.354 e. The van der Waals surface area contributed by atoms with Crippen LogP contribution in [-0.4, -0.2) is 98.9 Å². The van der Waals surface area contributed by atoms with E-state index < -0.39 is 0 Å². The van der Waals surface area contributed by atoms with Crippen molar-refractivity contribution in [2.45, 2.75) is 19.3 Å². The molecule has 4 amide bonds. The Bertz CT molecular complexity index is 496. The van der Waals surface area contributed by atoms with Gasteiger partial charge in [-0.3, -0.25) is 19.2 Å². The second-order valence-corrected chi connectivity index (χ2v) is 6.67. The summed E-state index contributed by atoms with van der Waals surface area (Å²) in [5.74, 6) is -0.942. The molecule has 0 radical (unpaired) electrons. The minimum atomic E-state index is -0.267. The molecule has 4 N–H and O–H groups in total. The summed E-state index contributed by atoms with van der Waals surface area (Å²) in [4.78, 5) is 51.3. The second-order valence-electron chi connectivity index (χ2n) is 6.67. The summed E-state index contributed by atoms with van der Waals surface area (Å²) < 4.78 is 0. The number of carbonyl (C=O) groups excluding carboxylic acids is 4. The van der Waals surface area contributed by atoms with E-state index in [9.17, 15) is 19.2 Å². The molecule has 0 aromatic carbocycles. The summed E-state index contributed by atoms with van der Waals surface area (Å²) >= 11 is 0. The zero-order valence-corrected chi connectivity index (χ0v) is 15.7. The lowest BCUT2D eigenvalue weighted by atomic mass is 10.2. The van der Waals surface area contributed by atoms with Crippen LogP contribution in [0.4, 0.5) is 0 Å². The molecule has 0 aromatic heterocycles. The lowest BCUT2D eigenvalue weighted by Gasteiger charge is -2.27. The number of nitrogens with one attached hydrogen (secondary N) is 4. The van der Waals surface area contributed by atoms with Gasteiger partial charge in [0, 0.05) is 65.4 Å². The summed E-state index contributed by atoms with van der Waals surface area (Å²) in [6, 6.07) is 0. The van der Waals surface area contributed by atoms with E-state index in [1.807, 2.05) is 0 Å². The fourth-order valence-electron chi connectivity index (χ4n) is 3.06. The summed E-state index contributed by atoms with van der Waals surface area (Å²) in [6.45, 7) is 5.71. The van der Waals surface area contributed by atoms with Crippen molar-refractivity contribution < 1.29 is 19.2 Å². The van der Waals surface area contributed by atoms with Gasteiger partial charge in [0.2, 0.25) is 23.6 Å². The Balaban J connectivity index is 1.84. The highest BCUT2D eigenvalue weighted by molar-refractivity contribution is 5.97. The first-order valence-corrected chi connectivity index (χ1v) is 9.56. The quantitative estimate of drug-likeness (QED) is 0.391. The highest BCUT2D eigenvalue weighted by Gasteiger charge is 2.20. The van der Waals surface area contributed by atoms with Crippen molar-refractivity contribution in [2.24, 2.45) is 0 Å². The SMILES string of the molecule is O=C1CC(=O)N(CCCN2CCNCCNC(=O)CC2=O)CCNCCN1. The van der Waals surface area contributed by atoms with Crippen LogP contribution in [0.25, 0.3) is 0 Å². The van der Waals surface area contributed by atoms with Crippen molar-refractivity contribution in [3.63, 3.8) is 0 Å². The van der Waals surface area contributed by atoms with E-state index in [4.69, 9.17) is 0 Å². The molecule has 0 atom stereocenters. The van der Waals surface area contributed by atoms with Crippen LogP contribution >= 0.6 is 0 Å². The number of amides is 4. The van der Waals surface area contributed by atoms with Crippen LogP contribution in [0, 0.1) is 0 Å². The number of hydrogen-bond acceptors (Lipinski definition) is 6. The smallest absolute Gasteiger partial charge is 0.232 e. The molecule has 10 nitrogen and oxygen atoms in total. The van der Waals surface area contributed by atoms with Gasteiger partial charge in [0.1, 0.15) is 12.8 Å². The molecule has 0 saturated carbocycles. The monoisotopic (exact) mass is 382 g/mol. The fraction of sp³-hybridized carbons (Fsp3) is 0.765. The van der Waals surface area contributed by atoms with E-state index in [0.717, 1.165) is 0 Å². The average Bonchev–Trinajstić information content (AvgIpc) is 2.63. The van der Waals surface area contributed by atoms with E-state index in [0.29, 0.717) is 71.9 Å². The summed E-state index contributed by atoms with van der Waals surface area (Å²) in [5, 5.41) is 11.8. The molecule has 0 aliphatic carbocycles. The molecular formula is C17H30N6O4. The minimum absolute atomic E-state index is 0.146. The Morgan fingerprint density at radius 2 is 1.07 bits per heavy atom. The normalized spacial score (nSPS) is 21.5. The van der Waals surface area contributed by atoms with Crippen molar-refractivity contribution in [1.29, 1.82) is 0 Å². The van der Waals surface area contributed by atoms with Crippen LogP contribution in [0.3, 0.4) is 0 Å². The number of hydrogen-bond donors (Lipinski definition) is 4. The fourth-order valence-corrected chi connectivity index (χ4v) is 3.06. The summed E-state index contributed by atoms with van der Waals surface area (Å²) in [7, 11) is 0. The van der Waals surface area contributed by atoms with Gasteiger partial charge in [-0.15, -0.1) is 0 Å². The van der Waals surface area contributed by atoms with Crippen molar-refractivity contribution in [2.75, 3.05) is 65.4 Å². The molecule has 2 rings (SSSR count). The van der Waals surface area contributed by atoms with Crippen LogP contribution in [-0.2, 0) is 19.2 Å². The van der Waals surface area contributed by atoms with E-state index in [-0.39, 0.29) is 36.5 Å². The van der Waals surface area contributed by atoms with Crippen LogP contribution in [0.1, 0.15) is 19.3 Å². The molecular weight excluding hydrogens is 352 g/mol. The van der Waals surface area contributed by atoms with Gasteiger partial charge < -0.3 is 31.1 Å². The average molecular weight is 382 g/mol. The van der Waals surface area contributed by atoms with Crippen LogP contribution in [0.15, 0.2) is 0 Å². The first-order valence-electron chi connectivity index (χ1n) is 9.56. The van der Waals surface area contributed by atoms with Gasteiger partial charge in [-0.2, -0.15) is 0 Å². The third-order valence-corrected chi connectivity index (χ3v) is 4.55. The van der Waals surface area contributed by atoms with Gasteiger partial charge in [-0.05, 0) is 6.42 Å². The van der Waals surface area contributed by atoms with Gasteiger partial charge in [0.05, 0.1) is 0 Å². The Labute approximate surface area is 159 Å². The lowest BCUT2D eigenvalue weighted by Crippen LogP contribution is -2.46. The standard InChI is InChI=1S/C17H30N6O4/c24-14-12-16(26)22(10-6-18-2-4-20-14)8-1-9-23-11-7-19-3-5-21-15(25)13-17(23)27/h18-19H,1-13H2,(H,20,24)(H,21,25). The third kappa shape index (κ3) is 7.92. The Morgan fingerprint density at radius 1 is 0.630 bits per heavy atom. The highest BCUT2D eigenvalue weighted by Crippen LogP contribution is 2.02. The Hall–Kier alpha value is -2.20. The number of nitrogens with zero attached hydrogens (tertiary/aromatic N) is 2. The van der Waals surface area contributed by atoms with Gasteiger partial charge in [-0.1, -0.05) is 0 Å². The Kier molecular flexibility index (Phi) is 8.99. The molecule has 2 fully saturated rings. The van der Waals surface area contributed by atoms with Crippen LogP contribution in [0.2, 0.25) is 0 Å². The molecule has 152 valence electrons. The molecule has 2 saturated heterocycles. The molecule has 10 heteroatoms. The first kappa shape index (κ1) is 21.1. The zero-order valence-electron chi connectivity index (χ0n) is 15.7. The molecule has 27 heavy (non-hydrogen) atoms. The van der Waals surface area contributed by atoms with Crippen molar-refractivity contribution in [3.8, 4) is 0 Å². The zero-order chi connectivity index (χ0) is 19.5. The molecule has 0 bridgehead atoms. The molecule has 2 heterocycles. The molecule has 0 spiro atoms. The number of rotatable bonds is 4. The molecule has 0 unspecified atom stereocenters. The van der Waals surface area contributed by atoms with E-state index >= 15 is 0 Å². The van der Waals surface area contributed by atoms with Crippen LogP contribution < -0.4 is 21.3 Å². The van der Waals surface area contributed by atoms with Crippen LogP contribution in [0.5, 0.6) is 0 Å². The highest BCUT2D eigenvalue weighted by atomic mass is 16.2. The maximum Gasteiger partial charge on any atom is 0.232 e. The molecule has 2 aliphatic heterocycles. The molecule has 2 aliphatic rings. The summed E-state index contributed by atoms with van der Waals surface area (Å²) in [5.41, 5.74) is 0. The molecule has 0 aromatic rings. The van der Waals surface area contributed by atoms with Gasteiger partial charge in [0.15, 0.2) is 0 Å². The van der Waals surface area contributed by atoms with Gasteiger partial charge in [-0.25, -0.2) is 0 Å². The van der Waals surface area contributed by atoms with Gasteiger partial charge >= 0.3 is 0 Å². The predicted molar refractivity (Wildman–Crippen MR) is 98.8 cm³/mol. The summed E-state index contributed by atoms with van der Waals surface area (Å²) in [6.07, 6.45) is 0.306. The maximum atomic E-state index is 12.3. The topological polar surface area (TPSA) is 123 Å². The lowest BCUT2D eigenvalue weighted by molar-refractivity contribution is -0.136. The predicted octanol–water partition coefficient (Wildman–Crippen LogP) is -2.75. The number of carbonyl (C=O) groups is 4.